The van der Waals surface area contributed by atoms with Gasteiger partial charge in [-0.15, -0.1) is 0 Å². The monoisotopic (exact) mass is 225 g/mol. The van der Waals surface area contributed by atoms with Gasteiger partial charge in [-0.1, -0.05) is 25.4 Å². The number of nitrogens with two attached hydrogens (primary N) is 1. The fourth-order valence-electron chi connectivity index (χ4n) is 2.24. The maximum absolute atomic E-state index is 12.1. The second kappa shape index (κ2) is 3.37. The minimum atomic E-state index is -0.743. The van der Waals surface area contributed by atoms with Gasteiger partial charge in [-0.25, -0.2) is 0 Å². The predicted octanol–water partition coefficient (Wildman–Crippen LogP) is 0.818. The topological polar surface area (TPSA) is 87.7 Å². The zero-order valence-electron chi connectivity index (χ0n) is 9.79. The highest BCUT2D eigenvalue weighted by atomic mass is 16.4. The molecule has 2 aliphatic rings. The SMILES string of the molecule is CC1(C)CC1NC(=O)C1(C(N)=NO)CCC1. The van der Waals surface area contributed by atoms with E-state index in [1.165, 1.54) is 0 Å². The summed E-state index contributed by atoms with van der Waals surface area (Å²) in [6.07, 6.45) is 3.33. The molecule has 4 N–H and O–H groups in total. The van der Waals surface area contributed by atoms with E-state index < -0.39 is 5.41 Å². The number of carbonyl (C=O) groups excluding carboxylic acids is 1. The van der Waals surface area contributed by atoms with Crippen LogP contribution in [0.2, 0.25) is 0 Å². The summed E-state index contributed by atoms with van der Waals surface area (Å²) in [6, 6.07) is 0.240. The predicted molar refractivity (Wildman–Crippen MR) is 60.0 cm³/mol. The van der Waals surface area contributed by atoms with E-state index in [-0.39, 0.29) is 23.2 Å². The molecule has 0 heterocycles. The Balaban J connectivity index is 2.03. The summed E-state index contributed by atoms with van der Waals surface area (Å²) in [5.74, 6) is -0.0284. The molecule has 2 saturated carbocycles. The number of amidine groups is 1. The zero-order chi connectivity index (χ0) is 12.0. The largest absolute Gasteiger partial charge is 0.409 e. The third-order valence-electron chi connectivity index (χ3n) is 4.06. The molecule has 90 valence electrons. The van der Waals surface area contributed by atoms with Gasteiger partial charge < -0.3 is 16.3 Å². The lowest BCUT2D eigenvalue weighted by atomic mass is 9.67. The molecule has 0 bridgehead atoms. The van der Waals surface area contributed by atoms with E-state index >= 15 is 0 Å². The molecule has 16 heavy (non-hydrogen) atoms. The van der Waals surface area contributed by atoms with Gasteiger partial charge in [0.25, 0.3) is 0 Å². The van der Waals surface area contributed by atoms with Gasteiger partial charge in [-0.2, -0.15) is 0 Å². The van der Waals surface area contributed by atoms with Gasteiger partial charge in [0.05, 0.1) is 0 Å². The van der Waals surface area contributed by atoms with Gasteiger partial charge in [-0.05, 0) is 24.7 Å². The number of oxime groups is 1. The van der Waals surface area contributed by atoms with E-state index in [1.54, 1.807) is 0 Å². The molecule has 0 aromatic heterocycles. The van der Waals surface area contributed by atoms with Crippen LogP contribution >= 0.6 is 0 Å². The maximum Gasteiger partial charge on any atom is 0.234 e. The molecular weight excluding hydrogens is 206 g/mol. The summed E-state index contributed by atoms with van der Waals surface area (Å²) in [4.78, 5) is 12.1. The van der Waals surface area contributed by atoms with Crippen LogP contribution in [0.4, 0.5) is 0 Å². The Morgan fingerprint density at radius 3 is 2.38 bits per heavy atom. The molecule has 1 amide bonds. The Kier molecular flexibility index (Phi) is 2.36. The van der Waals surface area contributed by atoms with Crippen molar-refractivity contribution < 1.29 is 10.0 Å². The first-order valence-electron chi connectivity index (χ1n) is 5.71. The van der Waals surface area contributed by atoms with Crippen LogP contribution in [0, 0.1) is 10.8 Å². The molecule has 0 radical (unpaired) electrons. The quantitative estimate of drug-likeness (QED) is 0.287. The highest BCUT2D eigenvalue weighted by Gasteiger charge is 2.53. The van der Waals surface area contributed by atoms with Crippen LogP contribution < -0.4 is 11.1 Å². The van der Waals surface area contributed by atoms with Crippen LogP contribution in [0.3, 0.4) is 0 Å². The fraction of sp³-hybridized carbons (Fsp3) is 0.818. The van der Waals surface area contributed by atoms with Crippen molar-refractivity contribution in [3.8, 4) is 0 Å². The Bertz CT molecular complexity index is 345. The van der Waals surface area contributed by atoms with Crippen molar-refractivity contribution in [2.75, 3.05) is 0 Å². The second-order valence-electron chi connectivity index (χ2n) is 5.64. The Morgan fingerprint density at radius 2 is 2.06 bits per heavy atom. The number of hydrogen-bond acceptors (Lipinski definition) is 3. The molecule has 1 unspecified atom stereocenters. The molecule has 2 fully saturated rings. The molecular formula is C11H19N3O2. The summed E-state index contributed by atoms with van der Waals surface area (Å²) in [6.45, 7) is 4.24. The van der Waals surface area contributed by atoms with E-state index in [1.807, 2.05) is 0 Å². The number of amides is 1. The first-order valence-corrected chi connectivity index (χ1v) is 5.71. The zero-order valence-corrected chi connectivity index (χ0v) is 9.79. The van der Waals surface area contributed by atoms with Crippen molar-refractivity contribution in [3.05, 3.63) is 0 Å². The summed E-state index contributed by atoms with van der Waals surface area (Å²) in [5, 5.41) is 14.7. The van der Waals surface area contributed by atoms with E-state index in [9.17, 15) is 4.79 Å². The van der Waals surface area contributed by atoms with Crippen LogP contribution in [-0.2, 0) is 4.79 Å². The van der Waals surface area contributed by atoms with E-state index in [2.05, 4.69) is 24.3 Å². The molecule has 2 aliphatic carbocycles. The van der Waals surface area contributed by atoms with E-state index in [0.29, 0.717) is 12.8 Å². The van der Waals surface area contributed by atoms with Crippen molar-refractivity contribution in [2.45, 2.75) is 45.6 Å². The van der Waals surface area contributed by atoms with Crippen LogP contribution in [-0.4, -0.2) is 23.0 Å². The summed E-state index contributed by atoms with van der Waals surface area (Å²) in [7, 11) is 0. The van der Waals surface area contributed by atoms with Gasteiger partial charge in [0, 0.05) is 6.04 Å². The third-order valence-corrected chi connectivity index (χ3v) is 4.06. The smallest absolute Gasteiger partial charge is 0.234 e. The van der Waals surface area contributed by atoms with Crippen LogP contribution in [0.25, 0.3) is 0 Å². The van der Waals surface area contributed by atoms with Gasteiger partial charge in [0.15, 0.2) is 5.84 Å². The van der Waals surface area contributed by atoms with Crippen LogP contribution in [0.5, 0.6) is 0 Å². The van der Waals surface area contributed by atoms with Crippen molar-refractivity contribution in [1.29, 1.82) is 0 Å². The third kappa shape index (κ3) is 1.54. The maximum atomic E-state index is 12.1. The van der Waals surface area contributed by atoms with Gasteiger partial charge in [0.2, 0.25) is 5.91 Å². The number of hydrogen-bond donors (Lipinski definition) is 3. The van der Waals surface area contributed by atoms with Gasteiger partial charge >= 0.3 is 0 Å². The first kappa shape index (κ1) is 11.2. The standard InChI is InChI=1S/C11H19N3O2/c1-10(2)6-7(10)13-9(15)11(4-3-5-11)8(12)14-16/h7,16H,3-6H2,1-2H3,(H2,12,14)(H,13,15). The normalized spacial score (nSPS) is 30.4. The molecule has 0 spiro atoms. The minimum Gasteiger partial charge on any atom is -0.409 e. The van der Waals surface area contributed by atoms with Crippen LogP contribution in [0.1, 0.15) is 39.5 Å². The second-order valence-corrected chi connectivity index (χ2v) is 5.64. The molecule has 0 aromatic carbocycles. The molecule has 5 heteroatoms. The Morgan fingerprint density at radius 1 is 1.50 bits per heavy atom. The highest BCUT2D eigenvalue weighted by molar-refractivity contribution is 6.07. The Labute approximate surface area is 95.1 Å². The average Bonchev–Trinajstić information content (AvgIpc) is 2.71. The lowest BCUT2D eigenvalue weighted by Crippen LogP contribution is -2.54. The fourth-order valence-corrected chi connectivity index (χ4v) is 2.24. The Hall–Kier alpha value is -1.26. The van der Waals surface area contributed by atoms with Crippen LogP contribution in [0.15, 0.2) is 5.16 Å². The number of carbonyl (C=O) groups is 1. The number of rotatable bonds is 3. The van der Waals surface area contributed by atoms with Crippen molar-refractivity contribution >= 4 is 11.7 Å². The molecule has 1 atom stereocenters. The lowest BCUT2D eigenvalue weighted by Gasteiger charge is -2.38. The summed E-state index contributed by atoms with van der Waals surface area (Å²) >= 11 is 0. The van der Waals surface area contributed by atoms with Crippen molar-refractivity contribution in [1.82, 2.24) is 5.32 Å². The number of nitrogens with one attached hydrogen (secondary N) is 1. The van der Waals surface area contributed by atoms with Gasteiger partial charge in [0.1, 0.15) is 5.41 Å². The minimum absolute atomic E-state index is 0.0507. The average molecular weight is 225 g/mol. The van der Waals surface area contributed by atoms with Gasteiger partial charge in [-0.3, -0.25) is 4.79 Å². The lowest BCUT2D eigenvalue weighted by molar-refractivity contribution is -0.131. The molecule has 5 nitrogen and oxygen atoms in total. The van der Waals surface area contributed by atoms with E-state index in [0.717, 1.165) is 12.8 Å². The number of nitrogens with zero attached hydrogens (tertiary/aromatic N) is 1. The highest BCUT2D eigenvalue weighted by Crippen LogP contribution is 2.47. The first-order chi connectivity index (χ1) is 7.42. The summed E-state index contributed by atoms with van der Waals surface area (Å²) in [5.41, 5.74) is 5.07. The van der Waals surface area contributed by atoms with Crippen molar-refractivity contribution in [2.24, 2.45) is 21.7 Å². The molecule has 0 saturated heterocycles. The molecule has 0 aromatic rings. The molecule has 2 rings (SSSR count). The summed E-state index contributed by atoms with van der Waals surface area (Å²) < 4.78 is 0. The molecule has 0 aliphatic heterocycles. The van der Waals surface area contributed by atoms with E-state index in [4.69, 9.17) is 10.9 Å². The van der Waals surface area contributed by atoms with Crippen molar-refractivity contribution in [3.63, 3.8) is 0 Å².